The van der Waals surface area contributed by atoms with Gasteiger partial charge in [0.15, 0.2) is 0 Å². The highest BCUT2D eigenvalue weighted by Gasteiger charge is 2.01. The summed E-state index contributed by atoms with van der Waals surface area (Å²) in [5.74, 6) is 8.13. The molecule has 0 heterocycles. The van der Waals surface area contributed by atoms with E-state index >= 15 is 0 Å². The molecule has 1 aromatic carbocycles. The monoisotopic (exact) mass is 328 g/mol. The third-order valence-electron chi connectivity index (χ3n) is 2.42. The number of aliphatic hydroxyl groups is 1. The molecule has 0 radical (unpaired) electrons. The Hall–Kier alpha value is -1.16. The summed E-state index contributed by atoms with van der Waals surface area (Å²) in [5.41, 5.74) is 0.887. The van der Waals surface area contributed by atoms with Crippen LogP contribution in [0.1, 0.15) is 12.0 Å². The van der Waals surface area contributed by atoms with Gasteiger partial charge in [0.05, 0.1) is 19.0 Å². The third-order valence-corrected chi connectivity index (χ3v) is 4.57. The van der Waals surface area contributed by atoms with Crippen LogP contribution in [0.25, 0.3) is 0 Å². The van der Waals surface area contributed by atoms with Gasteiger partial charge in [-0.1, -0.05) is 11.8 Å². The van der Waals surface area contributed by atoms with Crippen molar-refractivity contribution < 1.29 is 18.3 Å². The first-order valence-electron chi connectivity index (χ1n) is 6.59. The van der Waals surface area contributed by atoms with Crippen LogP contribution in [0, 0.1) is 11.8 Å². The van der Waals surface area contributed by atoms with Crippen molar-refractivity contribution in [3.8, 4) is 17.6 Å². The quantitative estimate of drug-likeness (QED) is 0.580. The van der Waals surface area contributed by atoms with E-state index in [1.165, 1.54) is 6.26 Å². The molecule has 0 aliphatic carbocycles. The van der Waals surface area contributed by atoms with Crippen molar-refractivity contribution in [3.63, 3.8) is 0 Å². The van der Waals surface area contributed by atoms with Crippen LogP contribution in [-0.2, 0) is 9.84 Å². The van der Waals surface area contributed by atoms with Gasteiger partial charge in [0.2, 0.25) is 0 Å². The minimum Gasteiger partial charge on any atom is -0.493 e. The van der Waals surface area contributed by atoms with Gasteiger partial charge in [0, 0.05) is 29.7 Å². The Bertz CT molecular complexity index is 568. The topological polar surface area (TPSA) is 63.6 Å². The van der Waals surface area contributed by atoms with Gasteiger partial charge in [-0.3, -0.25) is 0 Å². The summed E-state index contributed by atoms with van der Waals surface area (Å²) in [6, 6.07) is 7.45. The summed E-state index contributed by atoms with van der Waals surface area (Å²) < 4.78 is 27.4. The first kappa shape index (κ1) is 17.9. The first-order valence-corrected chi connectivity index (χ1v) is 9.81. The van der Waals surface area contributed by atoms with Crippen molar-refractivity contribution in [2.45, 2.75) is 6.42 Å². The smallest absolute Gasteiger partial charge is 0.148 e. The number of rotatable bonds is 8. The summed E-state index contributed by atoms with van der Waals surface area (Å²) >= 11 is 1.57. The molecule has 0 aliphatic rings. The lowest BCUT2D eigenvalue weighted by Gasteiger charge is -2.05. The molecule has 1 N–H and O–H groups in total. The fourth-order valence-corrected chi connectivity index (χ4v) is 3.47. The Morgan fingerprint density at radius 1 is 1.24 bits per heavy atom. The minimum atomic E-state index is -2.87. The lowest BCUT2D eigenvalue weighted by atomic mass is 10.2. The van der Waals surface area contributed by atoms with Crippen LogP contribution in [0.3, 0.4) is 0 Å². The van der Waals surface area contributed by atoms with Crippen LogP contribution in [-0.4, -0.2) is 50.3 Å². The number of hydrogen-bond acceptors (Lipinski definition) is 5. The summed E-state index contributed by atoms with van der Waals surface area (Å²) in [6.07, 6.45) is 1.72. The van der Waals surface area contributed by atoms with Gasteiger partial charge in [-0.25, -0.2) is 8.42 Å². The molecule has 21 heavy (non-hydrogen) atoms. The number of sulfone groups is 1. The second-order valence-electron chi connectivity index (χ2n) is 4.39. The van der Waals surface area contributed by atoms with Gasteiger partial charge in [-0.05, 0) is 24.3 Å². The largest absolute Gasteiger partial charge is 0.493 e. The number of aliphatic hydroxyl groups excluding tert-OH is 1. The number of thioether (sulfide) groups is 1. The summed E-state index contributed by atoms with van der Waals surface area (Å²) in [6.45, 7) is 0.620. The fraction of sp³-hybridized carbons (Fsp3) is 0.467. The molecule has 0 aromatic heterocycles. The maximum absolute atomic E-state index is 10.9. The SMILES string of the molecule is CS(=O)(=O)CCSCCOc1ccc(C#CCCO)cc1. The van der Waals surface area contributed by atoms with E-state index in [0.29, 0.717) is 18.8 Å². The van der Waals surface area contributed by atoms with Crippen molar-refractivity contribution in [1.82, 2.24) is 0 Å². The van der Waals surface area contributed by atoms with Crippen LogP contribution >= 0.6 is 11.8 Å². The van der Waals surface area contributed by atoms with E-state index in [-0.39, 0.29) is 12.4 Å². The molecule has 4 nitrogen and oxygen atoms in total. The van der Waals surface area contributed by atoms with Gasteiger partial charge in [0.1, 0.15) is 15.6 Å². The highest BCUT2D eigenvalue weighted by atomic mass is 32.2. The van der Waals surface area contributed by atoms with Crippen molar-refractivity contribution in [2.24, 2.45) is 0 Å². The zero-order valence-corrected chi connectivity index (χ0v) is 13.7. The molecule has 0 amide bonds. The zero-order valence-electron chi connectivity index (χ0n) is 12.0. The van der Waals surface area contributed by atoms with Crippen LogP contribution in [0.2, 0.25) is 0 Å². The molecule has 0 saturated heterocycles. The summed E-state index contributed by atoms with van der Waals surface area (Å²) in [4.78, 5) is 0. The van der Waals surface area contributed by atoms with E-state index in [1.54, 1.807) is 11.8 Å². The Morgan fingerprint density at radius 2 is 1.95 bits per heavy atom. The average molecular weight is 328 g/mol. The molecular weight excluding hydrogens is 308 g/mol. The van der Waals surface area contributed by atoms with Crippen LogP contribution in [0.4, 0.5) is 0 Å². The van der Waals surface area contributed by atoms with Crippen molar-refractivity contribution in [3.05, 3.63) is 29.8 Å². The normalized spacial score (nSPS) is 10.8. The molecule has 0 fully saturated rings. The van der Waals surface area contributed by atoms with E-state index in [1.807, 2.05) is 24.3 Å². The van der Waals surface area contributed by atoms with Gasteiger partial charge >= 0.3 is 0 Å². The van der Waals surface area contributed by atoms with E-state index in [2.05, 4.69) is 11.8 Å². The maximum atomic E-state index is 10.9. The van der Waals surface area contributed by atoms with Gasteiger partial charge in [-0.2, -0.15) is 11.8 Å². The predicted molar refractivity (Wildman–Crippen MR) is 87.6 cm³/mol. The molecule has 1 aromatic rings. The standard InChI is InChI=1S/C15H20O4S2/c1-21(17,18)13-12-20-11-10-19-15-7-5-14(6-8-15)4-2-3-9-16/h5-8,16H,3,9-13H2,1H3. The average Bonchev–Trinajstić information content (AvgIpc) is 2.43. The van der Waals surface area contributed by atoms with Crippen LogP contribution in [0.5, 0.6) is 5.75 Å². The number of hydrogen-bond donors (Lipinski definition) is 1. The first-order chi connectivity index (χ1) is 10.0. The van der Waals surface area contributed by atoms with Crippen LogP contribution in [0.15, 0.2) is 24.3 Å². The Kier molecular flexibility index (Phi) is 8.28. The number of ether oxygens (including phenoxy) is 1. The van der Waals surface area contributed by atoms with E-state index in [9.17, 15) is 8.42 Å². The van der Waals surface area contributed by atoms with E-state index < -0.39 is 9.84 Å². The highest BCUT2D eigenvalue weighted by molar-refractivity contribution is 8.00. The lowest BCUT2D eigenvalue weighted by Crippen LogP contribution is -2.07. The third kappa shape index (κ3) is 9.40. The van der Waals surface area contributed by atoms with Crippen molar-refractivity contribution in [2.75, 3.05) is 36.7 Å². The molecule has 0 bridgehead atoms. The molecule has 116 valence electrons. The molecule has 6 heteroatoms. The van der Waals surface area contributed by atoms with Crippen molar-refractivity contribution >= 4 is 21.6 Å². The molecule has 1 rings (SSSR count). The highest BCUT2D eigenvalue weighted by Crippen LogP contribution is 2.12. The fourth-order valence-electron chi connectivity index (χ4n) is 1.39. The Labute approximate surface area is 130 Å². The van der Waals surface area contributed by atoms with Gasteiger partial charge in [-0.15, -0.1) is 0 Å². The van der Waals surface area contributed by atoms with Gasteiger partial charge in [0.25, 0.3) is 0 Å². The molecular formula is C15H20O4S2. The zero-order chi connectivity index (χ0) is 15.6. The van der Waals surface area contributed by atoms with Gasteiger partial charge < -0.3 is 9.84 Å². The van der Waals surface area contributed by atoms with Crippen LogP contribution < -0.4 is 4.74 Å². The predicted octanol–water partition coefficient (Wildman–Crippen LogP) is 1.58. The second-order valence-corrected chi connectivity index (χ2v) is 7.87. The maximum Gasteiger partial charge on any atom is 0.148 e. The van der Waals surface area contributed by atoms with Crippen molar-refractivity contribution in [1.29, 1.82) is 0 Å². The molecule has 0 atom stereocenters. The molecule has 0 unspecified atom stereocenters. The number of benzene rings is 1. The Morgan fingerprint density at radius 3 is 2.57 bits per heavy atom. The molecule has 0 spiro atoms. The molecule has 0 saturated carbocycles. The Balaban J connectivity index is 2.23. The summed E-state index contributed by atoms with van der Waals surface area (Å²) in [5, 5.41) is 8.63. The lowest BCUT2D eigenvalue weighted by molar-refractivity contribution is 0.305. The van der Waals surface area contributed by atoms with E-state index in [0.717, 1.165) is 17.1 Å². The molecule has 0 aliphatic heterocycles. The second kappa shape index (κ2) is 9.72. The van der Waals surface area contributed by atoms with E-state index in [4.69, 9.17) is 9.84 Å². The minimum absolute atomic E-state index is 0.0746. The summed E-state index contributed by atoms with van der Waals surface area (Å²) in [7, 11) is -2.87.